The van der Waals surface area contributed by atoms with Crippen molar-refractivity contribution in [2.45, 2.75) is 4.90 Å². The summed E-state index contributed by atoms with van der Waals surface area (Å²) in [4.78, 5) is 13.5. The molecule has 2 aromatic rings. The van der Waals surface area contributed by atoms with Crippen LogP contribution in [-0.2, 0) is 4.79 Å². The number of rotatable bonds is 6. The number of thioether (sulfide) groups is 2. The smallest absolute Gasteiger partial charge is 0.263 e. The van der Waals surface area contributed by atoms with Crippen LogP contribution in [0.5, 0.6) is 5.75 Å². The monoisotopic (exact) mass is 407 g/mol. The fraction of sp³-hybridized carbons (Fsp3) is 0.111. The molecule has 0 spiro atoms. The van der Waals surface area contributed by atoms with E-state index in [1.165, 1.54) is 11.8 Å². The molecule has 0 saturated carbocycles. The van der Waals surface area contributed by atoms with Gasteiger partial charge in [-0.2, -0.15) is 0 Å². The van der Waals surface area contributed by atoms with Crippen molar-refractivity contribution in [2.75, 3.05) is 12.4 Å². The first kappa shape index (κ1) is 18.3. The molecule has 1 heterocycles. The lowest BCUT2D eigenvalue weighted by atomic mass is 10.2. The maximum Gasteiger partial charge on any atom is 0.263 e. The Morgan fingerprint density at radius 1 is 1.20 bits per heavy atom. The normalized spacial score (nSPS) is 15.5. The lowest BCUT2D eigenvalue weighted by Crippen LogP contribution is -2.17. The summed E-state index contributed by atoms with van der Waals surface area (Å²) in [6.07, 6.45) is 1.81. The largest absolute Gasteiger partial charge is 0.492 e. The number of ether oxygens (including phenoxy) is 1. The molecule has 3 nitrogen and oxygen atoms in total. The standard InChI is InChI=1S/C18H14ClNO2S3/c19-13-5-7-14(8-6-13)24-10-9-22-15-4-2-1-3-12(15)11-16-17(21)20-18(23)25-16/h1-8,11H,9-10H2,(H,20,21,23)/b16-11-. The molecule has 0 unspecified atom stereocenters. The molecule has 1 aliphatic rings. The van der Waals surface area contributed by atoms with Crippen molar-refractivity contribution < 1.29 is 9.53 Å². The molecule has 2 aromatic carbocycles. The van der Waals surface area contributed by atoms with Crippen LogP contribution in [0.25, 0.3) is 6.08 Å². The van der Waals surface area contributed by atoms with Crippen LogP contribution >= 0.6 is 47.3 Å². The molecule has 1 fully saturated rings. The van der Waals surface area contributed by atoms with Gasteiger partial charge < -0.3 is 10.1 Å². The van der Waals surface area contributed by atoms with E-state index in [1.807, 2.05) is 48.5 Å². The Morgan fingerprint density at radius 2 is 1.96 bits per heavy atom. The van der Waals surface area contributed by atoms with E-state index in [0.29, 0.717) is 15.8 Å². The number of para-hydroxylation sites is 1. The third-order valence-electron chi connectivity index (χ3n) is 3.27. The van der Waals surface area contributed by atoms with Gasteiger partial charge in [-0.15, -0.1) is 11.8 Å². The minimum absolute atomic E-state index is 0.164. The number of nitrogens with one attached hydrogen (secondary N) is 1. The molecule has 0 radical (unpaired) electrons. The summed E-state index contributed by atoms with van der Waals surface area (Å²) in [5.41, 5.74) is 0.862. The quantitative estimate of drug-likeness (QED) is 0.315. The second-order valence-electron chi connectivity index (χ2n) is 5.04. The van der Waals surface area contributed by atoms with Crippen molar-refractivity contribution in [3.05, 3.63) is 64.0 Å². The molecule has 0 aromatic heterocycles. The SMILES string of the molecule is O=C1NC(=S)S/C1=C\c1ccccc1OCCSc1ccc(Cl)cc1. The Hall–Kier alpha value is -1.47. The zero-order chi connectivity index (χ0) is 17.6. The first-order chi connectivity index (χ1) is 12.1. The Labute approximate surface area is 165 Å². The Morgan fingerprint density at radius 3 is 2.68 bits per heavy atom. The second-order valence-corrected chi connectivity index (χ2v) is 8.36. The zero-order valence-corrected chi connectivity index (χ0v) is 16.2. The van der Waals surface area contributed by atoms with Crippen molar-refractivity contribution in [1.29, 1.82) is 0 Å². The molecule has 0 aliphatic carbocycles. The predicted molar refractivity (Wildman–Crippen MR) is 110 cm³/mol. The Bertz CT molecular complexity index is 821. The summed E-state index contributed by atoms with van der Waals surface area (Å²) in [5.74, 6) is 1.40. The Kier molecular flexibility index (Phi) is 6.42. The van der Waals surface area contributed by atoms with Crippen LogP contribution in [0.1, 0.15) is 5.56 Å². The second kappa shape index (κ2) is 8.76. The van der Waals surface area contributed by atoms with E-state index < -0.39 is 0 Å². The number of carbonyl (C=O) groups excluding carboxylic acids is 1. The number of halogens is 1. The van der Waals surface area contributed by atoms with E-state index in [4.69, 9.17) is 28.6 Å². The molecule has 1 N–H and O–H groups in total. The van der Waals surface area contributed by atoms with E-state index >= 15 is 0 Å². The molecule has 0 atom stereocenters. The Balaban J connectivity index is 1.59. The fourth-order valence-corrected chi connectivity index (χ4v) is 4.03. The van der Waals surface area contributed by atoms with Gasteiger partial charge in [0.15, 0.2) is 0 Å². The molecule has 128 valence electrons. The summed E-state index contributed by atoms with van der Waals surface area (Å²) >= 11 is 13.9. The minimum Gasteiger partial charge on any atom is -0.492 e. The lowest BCUT2D eigenvalue weighted by Gasteiger charge is -2.09. The maximum atomic E-state index is 11.8. The summed E-state index contributed by atoms with van der Waals surface area (Å²) in [5, 5.41) is 3.35. The topological polar surface area (TPSA) is 38.3 Å². The van der Waals surface area contributed by atoms with Crippen molar-refractivity contribution >= 4 is 63.6 Å². The van der Waals surface area contributed by atoms with Gasteiger partial charge in [-0.3, -0.25) is 4.79 Å². The van der Waals surface area contributed by atoms with Crippen LogP contribution in [0.4, 0.5) is 0 Å². The van der Waals surface area contributed by atoms with E-state index in [2.05, 4.69) is 5.32 Å². The van der Waals surface area contributed by atoms with Gasteiger partial charge in [0, 0.05) is 21.2 Å². The average molecular weight is 408 g/mol. The van der Waals surface area contributed by atoms with Crippen LogP contribution in [0.2, 0.25) is 5.02 Å². The number of benzene rings is 2. The average Bonchev–Trinajstić information content (AvgIpc) is 2.92. The van der Waals surface area contributed by atoms with Gasteiger partial charge in [0.05, 0.1) is 11.5 Å². The predicted octanol–water partition coefficient (Wildman–Crippen LogP) is 5.00. The van der Waals surface area contributed by atoms with Gasteiger partial charge in [-0.05, 0) is 36.4 Å². The first-order valence-electron chi connectivity index (χ1n) is 7.47. The minimum atomic E-state index is -0.164. The summed E-state index contributed by atoms with van der Waals surface area (Å²) in [6, 6.07) is 15.4. The van der Waals surface area contributed by atoms with E-state index in [1.54, 1.807) is 17.8 Å². The van der Waals surface area contributed by atoms with Gasteiger partial charge in [0.1, 0.15) is 10.1 Å². The molecule has 1 saturated heterocycles. The zero-order valence-electron chi connectivity index (χ0n) is 13.0. The molecule has 7 heteroatoms. The molecule has 1 aliphatic heterocycles. The van der Waals surface area contributed by atoms with E-state index in [0.717, 1.165) is 27.0 Å². The highest BCUT2D eigenvalue weighted by atomic mass is 35.5. The number of thiocarbonyl (C=S) groups is 1. The third kappa shape index (κ3) is 5.25. The van der Waals surface area contributed by atoms with Crippen molar-refractivity contribution in [3.8, 4) is 5.75 Å². The van der Waals surface area contributed by atoms with Crippen LogP contribution in [0, 0.1) is 0 Å². The highest BCUT2D eigenvalue weighted by molar-refractivity contribution is 8.26. The van der Waals surface area contributed by atoms with Gasteiger partial charge >= 0.3 is 0 Å². The molecular formula is C18H14ClNO2S3. The van der Waals surface area contributed by atoms with E-state index in [9.17, 15) is 4.79 Å². The molecular weight excluding hydrogens is 394 g/mol. The number of hydrogen-bond acceptors (Lipinski definition) is 5. The van der Waals surface area contributed by atoms with E-state index in [-0.39, 0.29) is 5.91 Å². The molecule has 25 heavy (non-hydrogen) atoms. The maximum absolute atomic E-state index is 11.8. The van der Waals surface area contributed by atoms with Crippen molar-refractivity contribution in [2.24, 2.45) is 0 Å². The fourth-order valence-electron chi connectivity index (χ4n) is 2.14. The lowest BCUT2D eigenvalue weighted by molar-refractivity contribution is -0.115. The van der Waals surface area contributed by atoms with Crippen molar-refractivity contribution in [1.82, 2.24) is 5.32 Å². The van der Waals surface area contributed by atoms with Crippen LogP contribution in [0.3, 0.4) is 0 Å². The number of amides is 1. The number of hydrogen-bond donors (Lipinski definition) is 1. The first-order valence-corrected chi connectivity index (χ1v) is 10.1. The van der Waals surface area contributed by atoms with Gasteiger partial charge in [-0.25, -0.2) is 0 Å². The summed E-state index contributed by atoms with van der Waals surface area (Å²) in [7, 11) is 0. The van der Waals surface area contributed by atoms with Crippen LogP contribution < -0.4 is 10.1 Å². The van der Waals surface area contributed by atoms with Crippen LogP contribution in [0.15, 0.2) is 58.3 Å². The van der Waals surface area contributed by atoms with Gasteiger partial charge in [0.2, 0.25) is 0 Å². The molecule has 3 rings (SSSR count). The molecule has 0 bridgehead atoms. The highest BCUT2D eigenvalue weighted by Gasteiger charge is 2.22. The summed E-state index contributed by atoms with van der Waals surface area (Å²) < 4.78 is 6.37. The third-order valence-corrected chi connectivity index (χ3v) is 5.66. The van der Waals surface area contributed by atoms with Gasteiger partial charge in [-0.1, -0.05) is 53.8 Å². The number of carbonyl (C=O) groups is 1. The van der Waals surface area contributed by atoms with Crippen LogP contribution in [-0.4, -0.2) is 22.6 Å². The molecule has 1 amide bonds. The summed E-state index contributed by atoms with van der Waals surface area (Å²) in [6.45, 7) is 0.561. The van der Waals surface area contributed by atoms with Gasteiger partial charge in [0.25, 0.3) is 5.91 Å². The van der Waals surface area contributed by atoms with Crippen molar-refractivity contribution in [3.63, 3.8) is 0 Å². The highest BCUT2D eigenvalue weighted by Crippen LogP contribution is 2.29.